The van der Waals surface area contributed by atoms with Gasteiger partial charge in [0.1, 0.15) is 0 Å². The van der Waals surface area contributed by atoms with Gasteiger partial charge in [-0.05, 0) is 49.6 Å². The van der Waals surface area contributed by atoms with Crippen LogP contribution in [-0.4, -0.2) is 48.6 Å². The number of anilines is 1. The first-order valence-corrected chi connectivity index (χ1v) is 10.2. The van der Waals surface area contributed by atoms with E-state index in [1.807, 2.05) is 12.1 Å². The van der Waals surface area contributed by atoms with Gasteiger partial charge in [0.25, 0.3) is 5.91 Å². The zero-order valence-corrected chi connectivity index (χ0v) is 17.1. The highest BCUT2D eigenvalue weighted by molar-refractivity contribution is 5.98. The zero-order valence-electron chi connectivity index (χ0n) is 17.1. The fourth-order valence-corrected chi connectivity index (χ4v) is 4.06. The fourth-order valence-electron chi connectivity index (χ4n) is 4.06. The molecule has 29 heavy (non-hydrogen) atoms. The van der Waals surface area contributed by atoms with Crippen molar-refractivity contribution in [2.75, 3.05) is 31.1 Å². The summed E-state index contributed by atoms with van der Waals surface area (Å²) in [4.78, 5) is 28.7. The molecule has 2 heterocycles. The van der Waals surface area contributed by atoms with Crippen LogP contribution in [0, 0.1) is 0 Å². The van der Waals surface area contributed by atoms with Crippen molar-refractivity contribution in [3.05, 3.63) is 65.2 Å². The predicted octanol–water partition coefficient (Wildman–Crippen LogP) is 2.78. The minimum absolute atomic E-state index is 0.114. The number of carbonyl (C=O) groups is 2. The summed E-state index contributed by atoms with van der Waals surface area (Å²) in [5.74, 6) is -0.114. The normalized spacial score (nSPS) is 17.0. The molecular weight excluding hydrogens is 364 g/mol. The Labute approximate surface area is 171 Å². The molecule has 4 rings (SSSR count). The lowest BCUT2D eigenvalue weighted by atomic mass is 9.94. The fraction of sp³-hybridized carbons (Fsp3) is 0.391. The van der Waals surface area contributed by atoms with Crippen LogP contribution < -0.4 is 15.5 Å². The van der Waals surface area contributed by atoms with Crippen molar-refractivity contribution < 1.29 is 9.59 Å². The second-order valence-corrected chi connectivity index (χ2v) is 8.37. The van der Waals surface area contributed by atoms with E-state index in [4.69, 9.17) is 0 Å². The number of urea groups is 1. The minimum Gasteiger partial charge on any atom is -0.350 e. The molecule has 0 bridgehead atoms. The SMILES string of the molecule is CC(C)(CNC(=O)c1cccc(N2CCNC2=O)c1)N1CCc2ccccc2C1. The molecule has 0 saturated carbocycles. The second kappa shape index (κ2) is 7.87. The van der Waals surface area contributed by atoms with Crippen molar-refractivity contribution in [1.82, 2.24) is 15.5 Å². The Bertz CT molecular complexity index is 925. The summed E-state index contributed by atoms with van der Waals surface area (Å²) in [6.45, 7) is 8.04. The first kappa shape index (κ1) is 19.5. The lowest BCUT2D eigenvalue weighted by Crippen LogP contribution is -2.53. The van der Waals surface area contributed by atoms with Crippen LogP contribution in [0.3, 0.4) is 0 Å². The van der Waals surface area contributed by atoms with Gasteiger partial charge < -0.3 is 10.6 Å². The molecule has 0 aliphatic carbocycles. The summed E-state index contributed by atoms with van der Waals surface area (Å²) in [5.41, 5.74) is 3.96. The molecule has 1 saturated heterocycles. The topological polar surface area (TPSA) is 64.7 Å². The van der Waals surface area contributed by atoms with Crippen LogP contribution in [0.1, 0.15) is 35.3 Å². The van der Waals surface area contributed by atoms with E-state index >= 15 is 0 Å². The number of hydrogen-bond acceptors (Lipinski definition) is 3. The maximum absolute atomic E-state index is 12.8. The summed E-state index contributed by atoms with van der Waals surface area (Å²) in [7, 11) is 0. The third-order valence-corrected chi connectivity index (χ3v) is 5.95. The van der Waals surface area contributed by atoms with E-state index in [-0.39, 0.29) is 17.5 Å². The van der Waals surface area contributed by atoms with Crippen LogP contribution in [-0.2, 0) is 13.0 Å². The van der Waals surface area contributed by atoms with Crippen molar-refractivity contribution >= 4 is 17.6 Å². The first-order valence-electron chi connectivity index (χ1n) is 10.2. The van der Waals surface area contributed by atoms with Crippen LogP contribution in [0.2, 0.25) is 0 Å². The number of nitrogens with one attached hydrogen (secondary N) is 2. The smallest absolute Gasteiger partial charge is 0.321 e. The van der Waals surface area contributed by atoms with Crippen LogP contribution in [0.15, 0.2) is 48.5 Å². The molecular formula is C23H28N4O2. The number of fused-ring (bicyclic) bond motifs is 1. The average Bonchev–Trinajstić information content (AvgIpc) is 3.17. The Balaban J connectivity index is 1.40. The number of nitrogens with zero attached hydrogens (tertiary/aromatic N) is 2. The highest BCUT2D eigenvalue weighted by Gasteiger charge is 2.30. The molecule has 2 aliphatic rings. The van der Waals surface area contributed by atoms with Gasteiger partial charge in [-0.2, -0.15) is 0 Å². The van der Waals surface area contributed by atoms with E-state index in [0.717, 1.165) is 25.2 Å². The van der Waals surface area contributed by atoms with Gasteiger partial charge in [-0.15, -0.1) is 0 Å². The van der Waals surface area contributed by atoms with Gasteiger partial charge in [0.15, 0.2) is 0 Å². The molecule has 6 heteroatoms. The van der Waals surface area contributed by atoms with Crippen LogP contribution in [0.4, 0.5) is 10.5 Å². The monoisotopic (exact) mass is 392 g/mol. The Hall–Kier alpha value is -2.86. The minimum atomic E-state index is -0.157. The molecule has 2 aromatic carbocycles. The Morgan fingerprint density at radius 1 is 1.10 bits per heavy atom. The summed E-state index contributed by atoms with van der Waals surface area (Å²) in [5, 5.41) is 5.88. The molecule has 2 N–H and O–H groups in total. The van der Waals surface area contributed by atoms with Crippen LogP contribution in [0.25, 0.3) is 0 Å². The van der Waals surface area contributed by atoms with E-state index in [1.54, 1.807) is 17.0 Å². The standard InChI is InChI=1S/C23H28N4O2/c1-23(2,26-12-10-17-6-3-4-7-19(17)15-26)16-25-21(28)18-8-5-9-20(14-18)27-13-11-24-22(27)29/h3-9,14H,10-13,15-16H2,1-2H3,(H,24,29)(H,25,28). The number of hydrogen-bond donors (Lipinski definition) is 2. The molecule has 6 nitrogen and oxygen atoms in total. The van der Waals surface area contributed by atoms with E-state index in [9.17, 15) is 9.59 Å². The molecule has 2 aromatic rings. The Morgan fingerprint density at radius 2 is 1.90 bits per heavy atom. The largest absolute Gasteiger partial charge is 0.350 e. The van der Waals surface area contributed by atoms with Gasteiger partial charge in [-0.3, -0.25) is 14.6 Å². The van der Waals surface area contributed by atoms with Gasteiger partial charge in [-0.1, -0.05) is 30.3 Å². The lowest BCUT2D eigenvalue weighted by Gasteiger charge is -2.41. The summed E-state index contributed by atoms with van der Waals surface area (Å²) >= 11 is 0. The van der Waals surface area contributed by atoms with Crippen molar-refractivity contribution in [2.45, 2.75) is 32.4 Å². The maximum Gasteiger partial charge on any atom is 0.321 e. The molecule has 0 aromatic heterocycles. The summed E-state index contributed by atoms with van der Waals surface area (Å²) in [6, 6.07) is 15.7. The zero-order chi connectivity index (χ0) is 20.4. The Kier molecular flexibility index (Phi) is 5.28. The molecule has 1 fully saturated rings. The van der Waals surface area contributed by atoms with Crippen molar-refractivity contribution in [3.63, 3.8) is 0 Å². The lowest BCUT2D eigenvalue weighted by molar-refractivity contribution is 0.0826. The molecule has 2 aliphatic heterocycles. The van der Waals surface area contributed by atoms with Crippen LogP contribution in [0.5, 0.6) is 0 Å². The summed E-state index contributed by atoms with van der Waals surface area (Å²) < 4.78 is 0. The number of benzene rings is 2. The van der Waals surface area contributed by atoms with Crippen LogP contribution >= 0.6 is 0 Å². The maximum atomic E-state index is 12.8. The molecule has 0 atom stereocenters. The average molecular weight is 393 g/mol. The van der Waals surface area contributed by atoms with Gasteiger partial charge in [0, 0.05) is 49.5 Å². The molecule has 0 radical (unpaired) electrons. The number of rotatable bonds is 5. The van der Waals surface area contributed by atoms with Gasteiger partial charge in [0.2, 0.25) is 0 Å². The van der Waals surface area contributed by atoms with Crippen molar-refractivity contribution in [1.29, 1.82) is 0 Å². The molecule has 0 unspecified atom stereocenters. The highest BCUT2D eigenvalue weighted by Crippen LogP contribution is 2.25. The molecule has 0 spiro atoms. The second-order valence-electron chi connectivity index (χ2n) is 8.37. The van der Waals surface area contributed by atoms with Gasteiger partial charge >= 0.3 is 6.03 Å². The van der Waals surface area contributed by atoms with Crippen molar-refractivity contribution in [3.8, 4) is 0 Å². The third-order valence-electron chi connectivity index (χ3n) is 5.95. The van der Waals surface area contributed by atoms with Gasteiger partial charge in [0.05, 0.1) is 0 Å². The Morgan fingerprint density at radius 3 is 2.66 bits per heavy atom. The highest BCUT2D eigenvalue weighted by atomic mass is 16.2. The molecule has 3 amide bonds. The van der Waals surface area contributed by atoms with E-state index in [0.29, 0.717) is 25.2 Å². The summed E-state index contributed by atoms with van der Waals surface area (Å²) in [6.07, 6.45) is 1.04. The van der Waals surface area contributed by atoms with E-state index < -0.39 is 0 Å². The van der Waals surface area contributed by atoms with Gasteiger partial charge in [-0.25, -0.2) is 4.79 Å². The third kappa shape index (κ3) is 4.12. The number of carbonyl (C=O) groups excluding carboxylic acids is 2. The molecule has 152 valence electrons. The predicted molar refractivity (Wildman–Crippen MR) is 114 cm³/mol. The first-order chi connectivity index (χ1) is 13.9. The van der Waals surface area contributed by atoms with Crippen molar-refractivity contribution in [2.24, 2.45) is 0 Å². The van der Waals surface area contributed by atoms with E-state index in [2.05, 4.69) is 53.6 Å². The number of amides is 3. The quantitative estimate of drug-likeness (QED) is 0.822. The van der Waals surface area contributed by atoms with E-state index in [1.165, 1.54) is 11.1 Å².